The summed E-state index contributed by atoms with van der Waals surface area (Å²) < 4.78 is 7.29. The molecule has 3 rings (SSSR count). The Morgan fingerprint density at radius 3 is 2.50 bits per heavy atom. The van der Waals surface area contributed by atoms with Crippen LogP contribution >= 0.6 is 0 Å². The van der Waals surface area contributed by atoms with Crippen LogP contribution in [0, 0.1) is 0 Å². The first kappa shape index (κ1) is 19.4. The Morgan fingerprint density at radius 2 is 1.88 bits per heavy atom. The minimum atomic E-state index is -0.152. The number of nitrogens with zero attached hydrogens (tertiary/aromatic N) is 3. The van der Waals surface area contributed by atoms with Gasteiger partial charge in [-0.05, 0) is 12.8 Å². The van der Waals surface area contributed by atoms with Gasteiger partial charge in [0.05, 0.1) is 24.5 Å². The number of nitrogens with one attached hydrogen (secondary N) is 1. The van der Waals surface area contributed by atoms with E-state index in [0.717, 1.165) is 44.8 Å². The van der Waals surface area contributed by atoms with Crippen molar-refractivity contribution in [3.8, 4) is 0 Å². The monoisotopic (exact) mass is 362 g/mol. The van der Waals surface area contributed by atoms with Crippen LogP contribution in [0.2, 0.25) is 0 Å². The molecule has 6 nitrogen and oxygen atoms in total. The van der Waals surface area contributed by atoms with Crippen molar-refractivity contribution in [3.63, 3.8) is 0 Å². The number of aromatic nitrogens is 2. The Morgan fingerprint density at radius 1 is 1.23 bits per heavy atom. The van der Waals surface area contributed by atoms with E-state index in [9.17, 15) is 4.79 Å². The molecule has 0 bridgehead atoms. The van der Waals surface area contributed by atoms with E-state index in [1.165, 1.54) is 19.3 Å². The number of morpholine rings is 1. The summed E-state index contributed by atoms with van der Waals surface area (Å²) in [6.07, 6.45) is 7.95. The first-order valence-corrected chi connectivity index (χ1v) is 9.97. The summed E-state index contributed by atoms with van der Waals surface area (Å²) in [5, 5.41) is 7.79. The first-order chi connectivity index (χ1) is 12.3. The summed E-state index contributed by atoms with van der Waals surface area (Å²) in [6, 6.07) is 0. The molecule has 1 aromatic heterocycles. The molecule has 1 aliphatic heterocycles. The number of amides is 1. The smallest absolute Gasteiger partial charge is 0.254 e. The molecule has 1 saturated carbocycles. The fourth-order valence-electron chi connectivity index (χ4n) is 4.40. The summed E-state index contributed by atoms with van der Waals surface area (Å²) >= 11 is 0. The summed E-state index contributed by atoms with van der Waals surface area (Å²) in [4.78, 5) is 15.5. The van der Waals surface area contributed by atoms with Gasteiger partial charge in [0.25, 0.3) is 5.91 Å². The lowest BCUT2D eigenvalue weighted by molar-refractivity contribution is -0.0361. The van der Waals surface area contributed by atoms with Crippen molar-refractivity contribution >= 4 is 5.91 Å². The molecule has 1 aliphatic carbocycles. The van der Waals surface area contributed by atoms with Crippen LogP contribution in [0.25, 0.3) is 0 Å². The lowest BCUT2D eigenvalue weighted by Gasteiger charge is -2.48. The molecule has 2 fully saturated rings. The molecule has 2 heterocycles. The molecule has 0 radical (unpaired) electrons. The van der Waals surface area contributed by atoms with Gasteiger partial charge in [0, 0.05) is 43.8 Å². The van der Waals surface area contributed by atoms with Crippen molar-refractivity contribution in [1.82, 2.24) is 20.0 Å². The highest BCUT2D eigenvalue weighted by Gasteiger charge is 2.39. The van der Waals surface area contributed by atoms with E-state index in [2.05, 4.69) is 36.1 Å². The van der Waals surface area contributed by atoms with Gasteiger partial charge >= 0.3 is 0 Å². The van der Waals surface area contributed by atoms with Crippen molar-refractivity contribution < 1.29 is 9.53 Å². The highest BCUT2D eigenvalue weighted by Crippen LogP contribution is 2.34. The van der Waals surface area contributed by atoms with Crippen molar-refractivity contribution in [2.24, 2.45) is 7.05 Å². The molecule has 0 aromatic carbocycles. The summed E-state index contributed by atoms with van der Waals surface area (Å²) in [7, 11) is 1.88. The summed E-state index contributed by atoms with van der Waals surface area (Å²) in [6.45, 7) is 10.5. The van der Waals surface area contributed by atoms with Crippen LogP contribution in [-0.2, 0) is 17.2 Å². The second kappa shape index (κ2) is 7.69. The van der Waals surface area contributed by atoms with Crippen LogP contribution in [-0.4, -0.2) is 59.0 Å². The third kappa shape index (κ3) is 4.12. The summed E-state index contributed by atoms with van der Waals surface area (Å²) in [5.41, 5.74) is 1.50. The van der Waals surface area contributed by atoms with Crippen molar-refractivity contribution in [3.05, 3.63) is 17.5 Å². The zero-order valence-corrected chi connectivity index (χ0v) is 16.8. The molecule has 1 amide bonds. The number of aryl methyl sites for hydroxylation is 1. The third-order valence-corrected chi connectivity index (χ3v) is 5.83. The minimum absolute atomic E-state index is 0.00114. The van der Waals surface area contributed by atoms with Gasteiger partial charge in [-0.1, -0.05) is 40.0 Å². The van der Waals surface area contributed by atoms with Crippen LogP contribution < -0.4 is 5.32 Å². The SMILES string of the molecule is Cn1cc(C(=O)NCC2(N3CCOCC3)CCCCC2)c(C(C)(C)C)n1. The average Bonchev–Trinajstić information content (AvgIpc) is 3.04. The van der Waals surface area contributed by atoms with Gasteiger partial charge in [0.15, 0.2) is 0 Å². The molecule has 0 unspecified atom stereocenters. The largest absolute Gasteiger partial charge is 0.379 e. The van der Waals surface area contributed by atoms with E-state index >= 15 is 0 Å². The van der Waals surface area contributed by atoms with Crippen LogP contribution in [0.1, 0.15) is 68.9 Å². The van der Waals surface area contributed by atoms with E-state index in [4.69, 9.17) is 4.74 Å². The molecule has 1 saturated heterocycles. The molecule has 6 heteroatoms. The van der Waals surface area contributed by atoms with E-state index < -0.39 is 0 Å². The Hall–Kier alpha value is -1.40. The Labute approximate surface area is 157 Å². The quantitative estimate of drug-likeness (QED) is 0.894. The molecular formula is C20H34N4O2. The van der Waals surface area contributed by atoms with Crippen molar-refractivity contribution in [1.29, 1.82) is 0 Å². The van der Waals surface area contributed by atoms with Gasteiger partial charge in [-0.3, -0.25) is 14.4 Å². The predicted octanol–water partition coefficient (Wildman–Crippen LogP) is 2.48. The maximum absolute atomic E-state index is 13.0. The van der Waals surface area contributed by atoms with E-state index in [-0.39, 0.29) is 16.9 Å². The van der Waals surface area contributed by atoms with Gasteiger partial charge in [0.2, 0.25) is 0 Å². The zero-order chi connectivity index (χ0) is 18.8. The van der Waals surface area contributed by atoms with Crippen LogP contribution in [0.3, 0.4) is 0 Å². The molecule has 0 atom stereocenters. The number of carbonyl (C=O) groups excluding carboxylic acids is 1. The van der Waals surface area contributed by atoms with Crippen molar-refractivity contribution in [2.75, 3.05) is 32.8 Å². The lowest BCUT2D eigenvalue weighted by atomic mass is 9.79. The van der Waals surface area contributed by atoms with Crippen molar-refractivity contribution in [2.45, 2.75) is 63.8 Å². The predicted molar refractivity (Wildman–Crippen MR) is 102 cm³/mol. The maximum atomic E-state index is 13.0. The van der Waals surface area contributed by atoms with E-state index in [0.29, 0.717) is 12.1 Å². The Kier molecular flexibility index (Phi) is 5.72. The van der Waals surface area contributed by atoms with Crippen LogP contribution in [0.15, 0.2) is 6.20 Å². The topological polar surface area (TPSA) is 59.4 Å². The van der Waals surface area contributed by atoms with Crippen LogP contribution in [0.4, 0.5) is 0 Å². The standard InChI is InChI=1S/C20H34N4O2/c1-19(2,3)17-16(14-23(4)22-17)18(25)21-15-20(8-6-5-7-9-20)24-10-12-26-13-11-24/h14H,5-13,15H2,1-4H3,(H,21,25). The fourth-order valence-corrected chi connectivity index (χ4v) is 4.40. The highest BCUT2D eigenvalue weighted by molar-refractivity contribution is 5.95. The van der Waals surface area contributed by atoms with Gasteiger partial charge in [-0.25, -0.2) is 0 Å². The first-order valence-electron chi connectivity index (χ1n) is 9.97. The number of hydrogen-bond donors (Lipinski definition) is 1. The molecule has 2 aliphatic rings. The van der Waals surface area contributed by atoms with Gasteiger partial charge in [-0.2, -0.15) is 5.10 Å². The van der Waals surface area contributed by atoms with Gasteiger partial charge in [0.1, 0.15) is 0 Å². The average molecular weight is 363 g/mol. The number of hydrogen-bond acceptors (Lipinski definition) is 4. The second-order valence-corrected chi connectivity index (χ2v) is 8.88. The summed E-state index contributed by atoms with van der Waals surface area (Å²) in [5.74, 6) is 0.00114. The fraction of sp³-hybridized carbons (Fsp3) is 0.800. The number of carbonyl (C=O) groups is 1. The molecule has 1 aromatic rings. The normalized spacial score (nSPS) is 21.5. The van der Waals surface area contributed by atoms with Gasteiger partial charge < -0.3 is 10.1 Å². The molecule has 26 heavy (non-hydrogen) atoms. The zero-order valence-electron chi connectivity index (χ0n) is 16.8. The number of rotatable bonds is 4. The molecule has 0 spiro atoms. The van der Waals surface area contributed by atoms with E-state index in [1.807, 2.05) is 13.2 Å². The maximum Gasteiger partial charge on any atom is 0.254 e. The number of ether oxygens (including phenoxy) is 1. The van der Waals surface area contributed by atoms with E-state index in [1.54, 1.807) is 4.68 Å². The van der Waals surface area contributed by atoms with Gasteiger partial charge in [-0.15, -0.1) is 0 Å². The second-order valence-electron chi connectivity index (χ2n) is 8.88. The molecular weight excluding hydrogens is 328 g/mol. The Bertz CT molecular complexity index is 620. The molecule has 1 N–H and O–H groups in total. The Balaban J connectivity index is 1.74. The van der Waals surface area contributed by atoms with Crippen LogP contribution in [0.5, 0.6) is 0 Å². The lowest BCUT2D eigenvalue weighted by Crippen LogP contribution is -2.59. The minimum Gasteiger partial charge on any atom is -0.379 e. The third-order valence-electron chi connectivity index (χ3n) is 5.83. The molecule has 146 valence electrons. The highest BCUT2D eigenvalue weighted by atomic mass is 16.5.